The average molecular weight is 316 g/mol. The molecule has 0 aliphatic heterocycles. The number of fused-ring (bicyclic) bond motifs is 1. The SMILES string of the molecule is Cc1ccc(O)c(O)c1CCC1C(=O)CCC2(C)C(=O)CCC12. The summed E-state index contributed by atoms with van der Waals surface area (Å²) in [4.78, 5) is 24.6. The zero-order valence-electron chi connectivity index (χ0n) is 13.8. The number of rotatable bonds is 3. The number of benzene rings is 1. The van der Waals surface area contributed by atoms with Crippen LogP contribution in [-0.4, -0.2) is 21.8 Å². The first-order valence-corrected chi connectivity index (χ1v) is 8.41. The Kier molecular flexibility index (Phi) is 3.95. The number of phenolic OH excluding ortho intramolecular Hbond substituents is 2. The van der Waals surface area contributed by atoms with E-state index in [0.717, 1.165) is 12.0 Å². The van der Waals surface area contributed by atoms with Gasteiger partial charge in [0, 0.05) is 29.7 Å². The fourth-order valence-corrected chi connectivity index (χ4v) is 4.56. The Morgan fingerprint density at radius 1 is 1.22 bits per heavy atom. The highest BCUT2D eigenvalue weighted by atomic mass is 16.3. The van der Waals surface area contributed by atoms with Gasteiger partial charge in [-0.05, 0) is 50.2 Å². The number of aryl methyl sites for hydroxylation is 1. The van der Waals surface area contributed by atoms with E-state index in [2.05, 4.69) is 0 Å². The summed E-state index contributed by atoms with van der Waals surface area (Å²) in [7, 11) is 0. The average Bonchev–Trinajstić information content (AvgIpc) is 2.82. The monoisotopic (exact) mass is 316 g/mol. The van der Waals surface area contributed by atoms with Gasteiger partial charge in [0.25, 0.3) is 0 Å². The Labute approximate surface area is 136 Å². The van der Waals surface area contributed by atoms with Crippen LogP contribution in [0.15, 0.2) is 12.1 Å². The predicted octanol–water partition coefficient (Wildman–Crippen LogP) is 3.30. The van der Waals surface area contributed by atoms with Gasteiger partial charge in [-0.2, -0.15) is 0 Å². The minimum absolute atomic E-state index is 0.0847. The lowest BCUT2D eigenvalue weighted by atomic mass is 9.62. The molecule has 0 heterocycles. The van der Waals surface area contributed by atoms with Crippen molar-refractivity contribution in [1.29, 1.82) is 0 Å². The predicted molar refractivity (Wildman–Crippen MR) is 86.4 cm³/mol. The first-order valence-electron chi connectivity index (χ1n) is 8.41. The Morgan fingerprint density at radius 3 is 2.70 bits per heavy atom. The summed E-state index contributed by atoms with van der Waals surface area (Å²) in [5.41, 5.74) is 1.28. The molecule has 0 radical (unpaired) electrons. The minimum Gasteiger partial charge on any atom is -0.504 e. The molecule has 124 valence electrons. The van der Waals surface area contributed by atoms with Crippen LogP contribution < -0.4 is 0 Å². The molecule has 0 spiro atoms. The van der Waals surface area contributed by atoms with Gasteiger partial charge in [0.15, 0.2) is 11.5 Å². The number of carbonyl (C=O) groups excluding carboxylic acids is 2. The van der Waals surface area contributed by atoms with E-state index in [1.165, 1.54) is 6.07 Å². The molecule has 2 saturated carbocycles. The third-order valence-corrected chi connectivity index (χ3v) is 6.13. The van der Waals surface area contributed by atoms with Gasteiger partial charge in [-0.25, -0.2) is 0 Å². The number of carbonyl (C=O) groups is 2. The number of ketones is 2. The van der Waals surface area contributed by atoms with Crippen LogP contribution in [0.2, 0.25) is 0 Å². The summed E-state index contributed by atoms with van der Waals surface area (Å²) in [5.74, 6) is 0.369. The molecular weight excluding hydrogens is 292 g/mol. The van der Waals surface area contributed by atoms with Crippen LogP contribution in [0, 0.1) is 24.2 Å². The molecule has 23 heavy (non-hydrogen) atoms. The first kappa shape index (κ1) is 16.0. The Morgan fingerprint density at radius 2 is 1.96 bits per heavy atom. The van der Waals surface area contributed by atoms with Crippen molar-refractivity contribution in [2.45, 2.75) is 52.4 Å². The van der Waals surface area contributed by atoms with E-state index in [9.17, 15) is 19.8 Å². The molecule has 2 aliphatic rings. The Hall–Kier alpha value is -1.84. The molecule has 2 aliphatic carbocycles. The fourth-order valence-electron chi connectivity index (χ4n) is 4.56. The molecule has 1 aromatic rings. The van der Waals surface area contributed by atoms with Gasteiger partial charge in [0.05, 0.1) is 0 Å². The third kappa shape index (κ3) is 2.54. The molecule has 0 aromatic heterocycles. The van der Waals surface area contributed by atoms with Crippen molar-refractivity contribution < 1.29 is 19.8 Å². The summed E-state index contributed by atoms with van der Waals surface area (Å²) in [6, 6.07) is 3.25. The maximum absolute atomic E-state index is 12.4. The van der Waals surface area contributed by atoms with Crippen LogP contribution >= 0.6 is 0 Å². The maximum Gasteiger partial charge on any atom is 0.160 e. The Balaban J connectivity index is 1.81. The van der Waals surface area contributed by atoms with Crippen LogP contribution in [0.3, 0.4) is 0 Å². The van der Waals surface area contributed by atoms with Gasteiger partial charge in [-0.1, -0.05) is 13.0 Å². The number of aromatic hydroxyl groups is 2. The lowest BCUT2D eigenvalue weighted by Gasteiger charge is -2.39. The molecular formula is C19H24O4. The second kappa shape index (κ2) is 5.66. The van der Waals surface area contributed by atoms with E-state index in [1.54, 1.807) is 6.07 Å². The van der Waals surface area contributed by atoms with Crippen LogP contribution in [0.5, 0.6) is 11.5 Å². The molecule has 0 saturated heterocycles. The molecule has 3 rings (SSSR count). The van der Waals surface area contributed by atoms with Gasteiger partial charge < -0.3 is 10.2 Å². The summed E-state index contributed by atoms with van der Waals surface area (Å²) < 4.78 is 0. The van der Waals surface area contributed by atoms with E-state index in [-0.39, 0.29) is 34.5 Å². The molecule has 0 amide bonds. The molecule has 4 heteroatoms. The van der Waals surface area contributed by atoms with E-state index >= 15 is 0 Å². The molecule has 1 aromatic carbocycles. The van der Waals surface area contributed by atoms with E-state index in [0.29, 0.717) is 43.5 Å². The zero-order chi connectivity index (χ0) is 16.8. The van der Waals surface area contributed by atoms with Crippen molar-refractivity contribution in [2.24, 2.45) is 17.3 Å². The van der Waals surface area contributed by atoms with Crippen molar-refractivity contribution in [1.82, 2.24) is 0 Å². The van der Waals surface area contributed by atoms with E-state index in [4.69, 9.17) is 0 Å². The number of hydrogen-bond acceptors (Lipinski definition) is 4. The van der Waals surface area contributed by atoms with Crippen LogP contribution in [0.1, 0.15) is 50.2 Å². The van der Waals surface area contributed by atoms with Gasteiger partial charge in [0.2, 0.25) is 0 Å². The summed E-state index contributed by atoms with van der Waals surface area (Å²) in [5, 5.41) is 19.7. The lowest BCUT2D eigenvalue weighted by molar-refractivity contribution is -0.136. The topological polar surface area (TPSA) is 74.6 Å². The molecule has 0 bridgehead atoms. The van der Waals surface area contributed by atoms with Gasteiger partial charge in [0.1, 0.15) is 11.6 Å². The molecule has 3 atom stereocenters. The van der Waals surface area contributed by atoms with Crippen LogP contribution in [-0.2, 0) is 16.0 Å². The summed E-state index contributed by atoms with van der Waals surface area (Å²) in [6.45, 7) is 3.91. The third-order valence-electron chi connectivity index (χ3n) is 6.13. The molecule has 4 nitrogen and oxygen atoms in total. The smallest absolute Gasteiger partial charge is 0.160 e. The second-order valence-corrected chi connectivity index (χ2v) is 7.33. The van der Waals surface area contributed by atoms with E-state index in [1.807, 2.05) is 13.8 Å². The summed E-state index contributed by atoms with van der Waals surface area (Å²) >= 11 is 0. The quantitative estimate of drug-likeness (QED) is 0.839. The maximum atomic E-state index is 12.4. The highest BCUT2D eigenvalue weighted by molar-refractivity contribution is 5.92. The number of Topliss-reactive ketones (excluding diaryl/α,β-unsaturated/α-hetero) is 2. The van der Waals surface area contributed by atoms with Crippen molar-refractivity contribution in [2.75, 3.05) is 0 Å². The molecule has 2 fully saturated rings. The molecule has 3 unspecified atom stereocenters. The normalized spacial score (nSPS) is 30.5. The van der Waals surface area contributed by atoms with Gasteiger partial charge in [-0.15, -0.1) is 0 Å². The fraction of sp³-hybridized carbons (Fsp3) is 0.579. The minimum atomic E-state index is -0.339. The van der Waals surface area contributed by atoms with Crippen molar-refractivity contribution in [3.8, 4) is 11.5 Å². The second-order valence-electron chi connectivity index (χ2n) is 7.33. The molecule has 2 N–H and O–H groups in total. The van der Waals surface area contributed by atoms with Gasteiger partial charge >= 0.3 is 0 Å². The van der Waals surface area contributed by atoms with E-state index < -0.39 is 0 Å². The zero-order valence-corrected chi connectivity index (χ0v) is 13.8. The number of hydrogen-bond donors (Lipinski definition) is 2. The van der Waals surface area contributed by atoms with Crippen molar-refractivity contribution in [3.05, 3.63) is 23.3 Å². The van der Waals surface area contributed by atoms with Crippen LogP contribution in [0.4, 0.5) is 0 Å². The van der Waals surface area contributed by atoms with Crippen molar-refractivity contribution >= 4 is 11.6 Å². The van der Waals surface area contributed by atoms with Crippen molar-refractivity contribution in [3.63, 3.8) is 0 Å². The lowest BCUT2D eigenvalue weighted by Crippen LogP contribution is -2.42. The van der Waals surface area contributed by atoms with Crippen LogP contribution in [0.25, 0.3) is 0 Å². The number of phenols is 2. The largest absolute Gasteiger partial charge is 0.504 e. The highest BCUT2D eigenvalue weighted by Gasteiger charge is 2.53. The van der Waals surface area contributed by atoms with Gasteiger partial charge in [-0.3, -0.25) is 9.59 Å². The standard InChI is InChI=1S/C19H24O4/c1-11-3-7-16(21)18(23)12(11)4-5-13-14-6-8-17(22)19(14,2)10-9-15(13)20/h3,7,13-14,21,23H,4-6,8-10H2,1-2H3. The first-order chi connectivity index (χ1) is 10.8. The highest BCUT2D eigenvalue weighted by Crippen LogP contribution is 2.52. The summed E-state index contributed by atoms with van der Waals surface area (Å²) in [6.07, 6.45) is 3.72. The Bertz CT molecular complexity index is 664.